The molecule has 5 aromatic carbocycles. The zero-order valence-corrected chi connectivity index (χ0v) is 24.9. The highest BCUT2D eigenvalue weighted by molar-refractivity contribution is 6.31. The lowest BCUT2D eigenvalue weighted by Gasteiger charge is -2.23. The van der Waals surface area contributed by atoms with Gasteiger partial charge in [-0.15, -0.1) is 0 Å². The van der Waals surface area contributed by atoms with Crippen LogP contribution in [0.5, 0.6) is 46.0 Å². The van der Waals surface area contributed by atoms with E-state index in [0.29, 0.717) is 43.1 Å². The van der Waals surface area contributed by atoms with Crippen molar-refractivity contribution in [2.45, 2.75) is 0 Å². The molecule has 0 saturated carbocycles. The van der Waals surface area contributed by atoms with Gasteiger partial charge in [-0.25, -0.2) is 0 Å². The molecule has 0 unspecified atom stereocenters. The third-order valence-electron chi connectivity index (χ3n) is 6.21. The van der Waals surface area contributed by atoms with E-state index in [0.717, 1.165) is 0 Å². The molecule has 0 spiro atoms. The fourth-order valence-electron chi connectivity index (χ4n) is 4.25. The van der Waals surface area contributed by atoms with Crippen molar-refractivity contribution in [1.29, 1.82) is 10.8 Å². The van der Waals surface area contributed by atoms with E-state index < -0.39 is 0 Å². The van der Waals surface area contributed by atoms with Crippen molar-refractivity contribution in [3.05, 3.63) is 128 Å². The van der Waals surface area contributed by atoms with Crippen LogP contribution in [-0.2, 0) is 0 Å². The molecule has 0 fully saturated rings. The molecule has 0 radical (unpaired) electrons. The fourth-order valence-corrected chi connectivity index (χ4v) is 4.75. The number of amidine groups is 2. The molecule has 214 valence electrons. The summed E-state index contributed by atoms with van der Waals surface area (Å²) in [6, 6.07) is 26.8. The molecule has 3 N–H and O–H groups in total. The van der Waals surface area contributed by atoms with Crippen molar-refractivity contribution in [1.82, 2.24) is 5.32 Å². The van der Waals surface area contributed by atoms with Crippen LogP contribution in [0.15, 0.2) is 97.1 Å². The highest BCUT2D eigenvalue weighted by Crippen LogP contribution is 2.56. The quantitative estimate of drug-likeness (QED) is 0.155. The maximum Gasteiger partial charge on any atom is 0.217 e. The maximum absolute atomic E-state index is 8.77. The molecule has 0 atom stereocenters. The zero-order chi connectivity index (χ0) is 30.1. The average Bonchev–Trinajstić information content (AvgIpc) is 3.29. The van der Waals surface area contributed by atoms with Crippen molar-refractivity contribution in [2.24, 2.45) is 0 Å². The van der Waals surface area contributed by atoms with Crippen LogP contribution < -0.4 is 24.3 Å². The number of hydrogen-bond donors (Lipinski definition) is 3. The molecule has 0 aromatic heterocycles. The summed E-state index contributed by atoms with van der Waals surface area (Å²) >= 11 is 24.5. The predicted octanol–water partition coefficient (Wildman–Crippen LogP) is 10.7. The van der Waals surface area contributed by atoms with Crippen LogP contribution >= 0.6 is 46.4 Å². The van der Waals surface area contributed by atoms with Crippen LogP contribution in [0, 0.1) is 10.8 Å². The number of ether oxygens (including phenoxy) is 4. The molecule has 0 amide bonds. The SMILES string of the molecule is N=C1NC(=N)c2c(Oc3ccc(Cl)cc3)c(Oc3ccc(Cl)cc3)c(Oc3ccc(Cl)cc3)c(Oc3ccc(Cl)cc3)c21. The highest BCUT2D eigenvalue weighted by Gasteiger charge is 2.38. The maximum atomic E-state index is 8.77. The Morgan fingerprint density at radius 3 is 0.860 bits per heavy atom. The molecular formula is C32H19Cl4N3O4. The van der Waals surface area contributed by atoms with Crippen molar-refractivity contribution >= 4 is 58.1 Å². The number of nitrogens with one attached hydrogen (secondary N) is 3. The minimum absolute atomic E-state index is 0.0798. The number of fused-ring (bicyclic) bond motifs is 1. The van der Waals surface area contributed by atoms with Gasteiger partial charge in [-0.05, 0) is 97.1 Å². The first-order chi connectivity index (χ1) is 20.7. The topological polar surface area (TPSA) is 96.7 Å². The molecule has 1 heterocycles. The smallest absolute Gasteiger partial charge is 0.217 e. The van der Waals surface area contributed by atoms with E-state index in [1.807, 2.05) is 0 Å². The molecule has 1 aliphatic rings. The van der Waals surface area contributed by atoms with Crippen LogP contribution in [0.1, 0.15) is 11.1 Å². The van der Waals surface area contributed by atoms with Crippen molar-refractivity contribution in [3.63, 3.8) is 0 Å². The summed E-state index contributed by atoms with van der Waals surface area (Å²) in [6.07, 6.45) is 0. The third-order valence-corrected chi connectivity index (χ3v) is 7.21. The van der Waals surface area contributed by atoms with Gasteiger partial charge in [0.1, 0.15) is 34.7 Å². The summed E-state index contributed by atoms with van der Waals surface area (Å²) < 4.78 is 25.6. The Morgan fingerprint density at radius 1 is 0.372 bits per heavy atom. The van der Waals surface area contributed by atoms with E-state index >= 15 is 0 Å². The van der Waals surface area contributed by atoms with Gasteiger partial charge in [0.25, 0.3) is 0 Å². The number of benzene rings is 5. The average molecular weight is 651 g/mol. The molecule has 43 heavy (non-hydrogen) atoms. The second kappa shape index (κ2) is 12.1. The zero-order valence-electron chi connectivity index (χ0n) is 21.9. The molecular weight excluding hydrogens is 632 g/mol. The first-order valence-electron chi connectivity index (χ1n) is 12.7. The van der Waals surface area contributed by atoms with E-state index in [-0.39, 0.29) is 45.8 Å². The Balaban J connectivity index is 1.64. The summed E-state index contributed by atoms with van der Waals surface area (Å²) in [6.45, 7) is 0. The minimum Gasteiger partial charge on any atom is -0.452 e. The molecule has 0 saturated heterocycles. The molecule has 7 nitrogen and oxygen atoms in total. The van der Waals surface area contributed by atoms with Gasteiger partial charge in [0.2, 0.25) is 11.5 Å². The Morgan fingerprint density at radius 2 is 0.605 bits per heavy atom. The molecule has 0 bridgehead atoms. The Kier molecular flexibility index (Phi) is 8.06. The summed E-state index contributed by atoms with van der Waals surface area (Å²) in [4.78, 5) is 0. The van der Waals surface area contributed by atoms with Gasteiger partial charge >= 0.3 is 0 Å². The first kappa shape index (κ1) is 28.7. The Labute approximate surface area is 266 Å². The summed E-state index contributed by atoms with van der Waals surface area (Å²) in [5.41, 5.74) is 0.465. The lowest BCUT2D eigenvalue weighted by Crippen LogP contribution is -2.20. The Hall–Kier alpha value is -4.40. The molecule has 0 aliphatic carbocycles. The predicted molar refractivity (Wildman–Crippen MR) is 169 cm³/mol. The lowest BCUT2D eigenvalue weighted by atomic mass is 10.0. The normalized spacial score (nSPS) is 12.0. The summed E-state index contributed by atoms with van der Waals surface area (Å²) in [7, 11) is 0. The van der Waals surface area contributed by atoms with E-state index in [4.69, 9.17) is 76.2 Å². The van der Waals surface area contributed by atoms with Crippen LogP contribution in [0.2, 0.25) is 20.1 Å². The van der Waals surface area contributed by atoms with Crippen molar-refractivity contribution in [3.8, 4) is 46.0 Å². The highest BCUT2D eigenvalue weighted by atomic mass is 35.5. The van der Waals surface area contributed by atoms with Gasteiger partial charge < -0.3 is 24.3 Å². The third kappa shape index (κ3) is 6.21. The van der Waals surface area contributed by atoms with E-state index in [1.165, 1.54) is 0 Å². The lowest BCUT2D eigenvalue weighted by molar-refractivity contribution is 0.365. The van der Waals surface area contributed by atoms with Gasteiger partial charge in [-0.2, -0.15) is 0 Å². The number of halogens is 4. The van der Waals surface area contributed by atoms with E-state index in [9.17, 15) is 0 Å². The number of rotatable bonds is 8. The van der Waals surface area contributed by atoms with Crippen LogP contribution in [0.4, 0.5) is 0 Å². The molecule has 6 rings (SSSR count). The summed E-state index contributed by atoms with van der Waals surface area (Å²) in [5.74, 6) is 1.80. The monoisotopic (exact) mass is 649 g/mol. The van der Waals surface area contributed by atoms with Gasteiger partial charge in [-0.3, -0.25) is 10.8 Å². The van der Waals surface area contributed by atoms with Crippen LogP contribution in [-0.4, -0.2) is 11.7 Å². The second-order valence-corrected chi connectivity index (χ2v) is 10.9. The molecule has 1 aliphatic heterocycles. The van der Waals surface area contributed by atoms with Gasteiger partial charge in [0, 0.05) is 20.1 Å². The summed E-state index contributed by atoms with van der Waals surface area (Å²) in [5, 5.41) is 22.4. The van der Waals surface area contributed by atoms with Crippen LogP contribution in [0.3, 0.4) is 0 Å². The standard InChI is InChI=1S/C32H19Cl4N3O4/c33-17-1-9-21(10-2-17)40-27-25-26(32(38)39-31(25)37)28(41-22-11-3-18(34)4-12-22)30(43-24-15-7-20(36)8-16-24)29(27)42-23-13-5-19(35)6-14-23/h1-16H,(H3,37,38,39). The second-order valence-electron chi connectivity index (χ2n) is 9.17. The largest absolute Gasteiger partial charge is 0.452 e. The van der Waals surface area contributed by atoms with Crippen molar-refractivity contribution < 1.29 is 18.9 Å². The molecule has 5 aromatic rings. The van der Waals surface area contributed by atoms with Gasteiger partial charge in [0.15, 0.2) is 11.5 Å². The minimum atomic E-state index is -0.0936. The van der Waals surface area contributed by atoms with Gasteiger partial charge in [0.05, 0.1) is 11.1 Å². The van der Waals surface area contributed by atoms with E-state index in [2.05, 4.69) is 5.32 Å². The van der Waals surface area contributed by atoms with E-state index in [1.54, 1.807) is 97.1 Å². The van der Waals surface area contributed by atoms with Crippen molar-refractivity contribution in [2.75, 3.05) is 0 Å². The fraction of sp³-hybridized carbons (Fsp3) is 0. The Bertz CT molecular complexity index is 1710. The van der Waals surface area contributed by atoms with Gasteiger partial charge in [-0.1, -0.05) is 46.4 Å². The van der Waals surface area contributed by atoms with Crippen LogP contribution in [0.25, 0.3) is 0 Å². The number of hydrogen-bond acceptors (Lipinski definition) is 6. The molecule has 11 heteroatoms. The first-order valence-corrected chi connectivity index (χ1v) is 14.2.